The third-order valence-electron chi connectivity index (χ3n) is 3.56. The van der Waals surface area contributed by atoms with Crippen molar-refractivity contribution in [2.75, 3.05) is 18.5 Å². The van der Waals surface area contributed by atoms with Crippen molar-refractivity contribution in [1.82, 2.24) is 5.32 Å². The van der Waals surface area contributed by atoms with Crippen LogP contribution in [0, 0.1) is 11.6 Å². The second kappa shape index (κ2) is 7.96. The summed E-state index contributed by atoms with van der Waals surface area (Å²) in [5, 5.41) is 5.35. The molecule has 2 rings (SSSR count). The molecule has 0 saturated heterocycles. The fraction of sp³-hybridized carbons (Fsp3) is 0.316. The van der Waals surface area contributed by atoms with Crippen molar-refractivity contribution in [3.05, 3.63) is 59.7 Å². The molecule has 0 unspecified atom stereocenters. The number of urea groups is 1. The molecule has 0 radical (unpaired) electrons. The van der Waals surface area contributed by atoms with Gasteiger partial charge in [-0.2, -0.15) is 0 Å². The smallest absolute Gasteiger partial charge is 0.319 e. The highest BCUT2D eigenvalue weighted by Crippen LogP contribution is 2.23. The quantitative estimate of drug-likeness (QED) is 0.784. The van der Waals surface area contributed by atoms with Gasteiger partial charge in [0.2, 0.25) is 0 Å². The Bertz CT molecular complexity index is 725. The van der Waals surface area contributed by atoms with Crippen molar-refractivity contribution in [3.63, 3.8) is 0 Å². The van der Waals surface area contributed by atoms with Crippen molar-refractivity contribution >= 4 is 11.7 Å². The lowest BCUT2D eigenvalue weighted by molar-refractivity contribution is 0.247. The Kier molecular flexibility index (Phi) is 5.96. The standard InChI is InChI=1S/C19H22F2N2O2/c1-19(2,3)13-4-6-14(7-5-13)23-18(24)22-10-11-25-15-8-9-16(20)17(21)12-15/h4-9,12H,10-11H2,1-3H3,(H2,22,23,24). The van der Waals surface area contributed by atoms with Crippen LogP contribution in [0.3, 0.4) is 0 Å². The van der Waals surface area contributed by atoms with Crippen LogP contribution in [-0.2, 0) is 5.41 Å². The minimum atomic E-state index is -0.970. The lowest BCUT2D eigenvalue weighted by Gasteiger charge is -2.19. The fourth-order valence-corrected chi connectivity index (χ4v) is 2.13. The van der Waals surface area contributed by atoms with Gasteiger partial charge in [-0.25, -0.2) is 13.6 Å². The molecule has 0 aliphatic heterocycles. The van der Waals surface area contributed by atoms with Crippen LogP contribution in [0.1, 0.15) is 26.3 Å². The average molecular weight is 348 g/mol. The summed E-state index contributed by atoms with van der Waals surface area (Å²) in [5.41, 5.74) is 1.92. The van der Waals surface area contributed by atoms with E-state index >= 15 is 0 Å². The number of anilines is 1. The maximum atomic E-state index is 13.0. The van der Waals surface area contributed by atoms with Gasteiger partial charge in [0.15, 0.2) is 11.6 Å². The van der Waals surface area contributed by atoms with Crippen LogP contribution >= 0.6 is 0 Å². The number of amides is 2. The Morgan fingerprint density at radius 1 is 1.04 bits per heavy atom. The van der Waals surface area contributed by atoms with E-state index in [1.807, 2.05) is 24.3 Å². The molecule has 0 bridgehead atoms. The molecule has 0 saturated carbocycles. The van der Waals surface area contributed by atoms with Gasteiger partial charge in [0.1, 0.15) is 12.4 Å². The summed E-state index contributed by atoms with van der Waals surface area (Å²) in [4.78, 5) is 11.8. The summed E-state index contributed by atoms with van der Waals surface area (Å²) in [6.45, 7) is 6.73. The van der Waals surface area contributed by atoms with E-state index in [2.05, 4.69) is 31.4 Å². The van der Waals surface area contributed by atoms with Crippen LogP contribution in [0.15, 0.2) is 42.5 Å². The average Bonchev–Trinajstić information content (AvgIpc) is 2.54. The number of carbonyl (C=O) groups excluding carboxylic acids is 1. The first kappa shape index (κ1) is 18.7. The second-order valence-electron chi connectivity index (χ2n) is 6.63. The molecule has 0 aliphatic rings. The molecule has 0 spiro atoms. The predicted molar refractivity (Wildman–Crippen MR) is 94.0 cm³/mol. The number of benzene rings is 2. The van der Waals surface area contributed by atoms with E-state index in [4.69, 9.17) is 4.74 Å². The Hall–Kier alpha value is -2.63. The van der Waals surface area contributed by atoms with Crippen LogP contribution in [0.2, 0.25) is 0 Å². The van der Waals surface area contributed by atoms with Crippen molar-refractivity contribution in [1.29, 1.82) is 0 Å². The Morgan fingerprint density at radius 3 is 2.32 bits per heavy atom. The van der Waals surface area contributed by atoms with E-state index in [1.165, 1.54) is 11.6 Å². The predicted octanol–water partition coefficient (Wildman–Crippen LogP) is 4.46. The zero-order chi connectivity index (χ0) is 18.4. The molecule has 2 aromatic rings. The van der Waals surface area contributed by atoms with Crippen LogP contribution in [0.5, 0.6) is 5.75 Å². The van der Waals surface area contributed by atoms with E-state index in [-0.39, 0.29) is 30.3 Å². The second-order valence-corrected chi connectivity index (χ2v) is 6.63. The number of nitrogens with one attached hydrogen (secondary N) is 2. The lowest BCUT2D eigenvalue weighted by Crippen LogP contribution is -2.32. The van der Waals surface area contributed by atoms with Crippen molar-refractivity contribution < 1.29 is 18.3 Å². The van der Waals surface area contributed by atoms with Crippen molar-refractivity contribution in [2.24, 2.45) is 0 Å². The van der Waals surface area contributed by atoms with Crippen LogP contribution in [0.25, 0.3) is 0 Å². The Morgan fingerprint density at radius 2 is 1.72 bits per heavy atom. The zero-order valence-electron chi connectivity index (χ0n) is 14.5. The van der Waals surface area contributed by atoms with Gasteiger partial charge in [-0.05, 0) is 35.2 Å². The first-order chi connectivity index (χ1) is 11.8. The monoisotopic (exact) mass is 348 g/mol. The van der Waals surface area contributed by atoms with E-state index in [1.54, 1.807) is 0 Å². The van der Waals surface area contributed by atoms with Gasteiger partial charge >= 0.3 is 6.03 Å². The van der Waals surface area contributed by atoms with Crippen molar-refractivity contribution in [2.45, 2.75) is 26.2 Å². The lowest BCUT2D eigenvalue weighted by atomic mass is 9.87. The maximum Gasteiger partial charge on any atom is 0.319 e. The fourth-order valence-electron chi connectivity index (χ4n) is 2.13. The van der Waals surface area contributed by atoms with Crippen LogP contribution < -0.4 is 15.4 Å². The SMILES string of the molecule is CC(C)(C)c1ccc(NC(=O)NCCOc2ccc(F)c(F)c2)cc1. The molecule has 0 aromatic heterocycles. The van der Waals surface area contributed by atoms with Crippen LogP contribution in [0.4, 0.5) is 19.3 Å². The number of halogens is 2. The van der Waals surface area contributed by atoms with Crippen LogP contribution in [-0.4, -0.2) is 19.2 Å². The van der Waals surface area contributed by atoms with Gasteiger partial charge < -0.3 is 15.4 Å². The third-order valence-corrected chi connectivity index (χ3v) is 3.56. The number of ether oxygens (including phenoxy) is 1. The molecule has 25 heavy (non-hydrogen) atoms. The van der Waals surface area contributed by atoms with E-state index in [9.17, 15) is 13.6 Å². The minimum absolute atomic E-state index is 0.0535. The van der Waals surface area contributed by atoms with Gasteiger partial charge in [0, 0.05) is 11.8 Å². The number of rotatable bonds is 5. The van der Waals surface area contributed by atoms with Gasteiger partial charge in [0.25, 0.3) is 0 Å². The summed E-state index contributed by atoms with van der Waals surface area (Å²) in [6.07, 6.45) is 0. The first-order valence-electron chi connectivity index (χ1n) is 7.99. The molecule has 0 fully saturated rings. The molecule has 2 amide bonds. The summed E-state index contributed by atoms with van der Waals surface area (Å²) in [6, 6.07) is 10.6. The highest BCUT2D eigenvalue weighted by Gasteiger charge is 2.13. The zero-order valence-corrected chi connectivity index (χ0v) is 14.5. The molecule has 0 heterocycles. The highest BCUT2D eigenvalue weighted by atomic mass is 19.2. The minimum Gasteiger partial charge on any atom is -0.492 e. The largest absolute Gasteiger partial charge is 0.492 e. The molecule has 0 atom stereocenters. The molecule has 6 heteroatoms. The van der Waals surface area contributed by atoms with Gasteiger partial charge in [-0.15, -0.1) is 0 Å². The van der Waals surface area contributed by atoms with Gasteiger partial charge in [-0.1, -0.05) is 32.9 Å². The number of hydrogen-bond acceptors (Lipinski definition) is 2. The maximum absolute atomic E-state index is 13.0. The summed E-state index contributed by atoms with van der Waals surface area (Å²) in [7, 11) is 0. The summed E-state index contributed by atoms with van der Waals surface area (Å²) in [5.74, 6) is -1.69. The van der Waals surface area contributed by atoms with E-state index < -0.39 is 11.6 Å². The van der Waals surface area contributed by atoms with E-state index in [0.29, 0.717) is 5.69 Å². The molecule has 4 nitrogen and oxygen atoms in total. The third kappa shape index (κ3) is 5.74. The Labute approximate surface area is 146 Å². The van der Waals surface area contributed by atoms with Crippen molar-refractivity contribution in [3.8, 4) is 5.75 Å². The summed E-state index contributed by atoms with van der Waals surface area (Å²) < 4.78 is 31.1. The number of carbonyl (C=O) groups is 1. The van der Waals surface area contributed by atoms with Gasteiger partial charge in [-0.3, -0.25) is 0 Å². The normalized spacial score (nSPS) is 11.1. The van der Waals surface area contributed by atoms with Gasteiger partial charge in [0.05, 0.1) is 6.54 Å². The topological polar surface area (TPSA) is 50.4 Å². The molecule has 2 aromatic carbocycles. The highest BCUT2D eigenvalue weighted by molar-refractivity contribution is 5.89. The molecule has 0 aliphatic carbocycles. The molecule has 134 valence electrons. The molecule has 2 N–H and O–H groups in total. The number of hydrogen-bond donors (Lipinski definition) is 2. The Balaban J connectivity index is 1.74. The summed E-state index contributed by atoms with van der Waals surface area (Å²) >= 11 is 0. The van der Waals surface area contributed by atoms with E-state index in [0.717, 1.165) is 12.1 Å². The molecular weight excluding hydrogens is 326 g/mol. The molecular formula is C19H22F2N2O2. The first-order valence-corrected chi connectivity index (χ1v) is 7.99.